The van der Waals surface area contributed by atoms with Gasteiger partial charge >= 0.3 is 0 Å². The van der Waals surface area contributed by atoms with Gasteiger partial charge in [-0.3, -0.25) is 4.79 Å². The summed E-state index contributed by atoms with van der Waals surface area (Å²) in [7, 11) is -4.31. The minimum atomic E-state index is -4.31. The fourth-order valence-electron chi connectivity index (χ4n) is 3.25. The van der Waals surface area contributed by atoms with E-state index in [1.807, 2.05) is 0 Å². The van der Waals surface area contributed by atoms with Crippen molar-refractivity contribution in [3.8, 4) is 0 Å². The lowest BCUT2D eigenvalue weighted by atomic mass is 10.2. The molecule has 1 fully saturated rings. The highest BCUT2D eigenvalue weighted by Crippen LogP contribution is 2.38. The van der Waals surface area contributed by atoms with Gasteiger partial charge in [0.2, 0.25) is 15.0 Å². The number of carbonyl (C=O) groups is 1. The van der Waals surface area contributed by atoms with Crippen molar-refractivity contribution in [3.63, 3.8) is 0 Å². The Hall–Kier alpha value is -2.47. The van der Waals surface area contributed by atoms with Crippen molar-refractivity contribution in [2.24, 2.45) is 0 Å². The van der Waals surface area contributed by atoms with E-state index in [4.69, 9.17) is 11.6 Å². The summed E-state index contributed by atoms with van der Waals surface area (Å²) in [5.41, 5.74) is 0.512. The molecular weight excluding hydrogens is 470 g/mol. The molecule has 1 atom stereocenters. The number of sulfonamides is 1. The first kappa shape index (κ1) is 21.8. The molecule has 12 heteroatoms. The number of aromatic nitrogens is 2. The molecule has 1 aromatic heterocycles. The first-order valence-corrected chi connectivity index (χ1v) is 11.8. The van der Waals surface area contributed by atoms with Gasteiger partial charge in [0.25, 0.3) is 5.91 Å². The Morgan fingerprint density at radius 1 is 1.16 bits per heavy atom. The average Bonchev–Trinajstić information content (AvgIpc) is 3.41. The van der Waals surface area contributed by atoms with E-state index in [2.05, 4.69) is 15.5 Å². The Labute approximate surface area is 185 Å². The van der Waals surface area contributed by atoms with Crippen LogP contribution < -0.4 is 5.32 Å². The van der Waals surface area contributed by atoms with Gasteiger partial charge in [0.05, 0.1) is 6.04 Å². The van der Waals surface area contributed by atoms with Crippen molar-refractivity contribution >= 4 is 44.6 Å². The molecule has 4 rings (SSSR count). The monoisotopic (exact) mass is 484 g/mol. The average molecular weight is 485 g/mol. The van der Waals surface area contributed by atoms with Gasteiger partial charge in [0.1, 0.15) is 21.5 Å². The van der Waals surface area contributed by atoms with Crippen molar-refractivity contribution in [1.82, 2.24) is 14.5 Å². The zero-order valence-electron chi connectivity index (χ0n) is 15.8. The summed E-state index contributed by atoms with van der Waals surface area (Å²) >= 11 is 6.77. The van der Waals surface area contributed by atoms with Crippen LogP contribution >= 0.6 is 22.9 Å². The van der Waals surface area contributed by atoms with Crippen LogP contribution in [0.4, 0.5) is 14.5 Å². The Morgan fingerprint density at radius 3 is 2.65 bits per heavy atom. The second kappa shape index (κ2) is 8.58. The van der Waals surface area contributed by atoms with Crippen LogP contribution in [-0.4, -0.2) is 35.4 Å². The van der Waals surface area contributed by atoms with Gasteiger partial charge in [-0.25, -0.2) is 17.2 Å². The summed E-state index contributed by atoms with van der Waals surface area (Å²) in [5.74, 6) is -2.39. The largest absolute Gasteiger partial charge is 0.320 e. The fourth-order valence-corrected chi connectivity index (χ4v) is 6.07. The minimum absolute atomic E-state index is 0.0473. The molecule has 0 unspecified atom stereocenters. The molecule has 2 aromatic carbocycles. The molecule has 1 amide bonds. The lowest BCUT2D eigenvalue weighted by Crippen LogP contribution is -2.31. The highest BCUT2D eigenvalue weighted by atomic mass is 35.5. The molecule has 1 aliphatic rings. The zero-order valence-corrected chi connectivity index (χ0v) is 18.1. The second-order valence-electron chi connectivity index (χ2n) is 6.75. The summed E-state index contributed by atoms with van der Waals surface area (Å²) in [6, 6.07) is 8.06. The lowest BCUT2D eigenvalue weighted by molar-refractivity contribution is 0.102. The first-order valence-electron chi connectivity index (χ1n) is 9.13. The van der Waals surface area contributed by atoms with Gasteiger partial charge in [-0.2, -0.15) is 4.31 Å². The van der Waals surface area contributed by atoms with Crippen LogP contribution in [0.3, 0.4) is 0 Å². The van der Waals surface area contributed by atoms with Crippen molar-refractivity contribution < 1.29 is 22.0 Å². The molecule has 162 valence electrons. The highest BCUT2D eigenvalue weighted by Gasteiger charge is 2.39. The van der Waals surface area contributed by atoms with Gasteiger partial charge < -0.3 is 5.32 Å². The number of anilines is 1. The Balaban J connectivity index is 1.57. The molecule has 0 radical (unpaired) electrons. The number of carbonyl (C=O) groups excluding carboxylic acids is 1. The maximum absolute atomic E-state index is 14.1. The Bertz CT molecular complexity index is 1240. The third kappa shape index (κ3) is 4.45. The molecule has 2 heterocycles. The van der Waals surface area contributed by atoms with E-state index < -0.39 is 38.5 Å². The van der Waals surface area contributed by atoms with Crippen LogP contribution in [0, 0.1) is 11.6 Å². The summed E-state index contributed by atoms with van der Waals surface area (Å²) in [6.07, 6.45) is 0.927. The van der Waals surface area contributed by atoms with Crippen molar-refractivity contribution in [2.75, 3.05) is 11.9 Å². The molecule has 31 heavy (non-hydrogen) atoms. The second-order valence-corrected chi connectivity index (χ2v) is 10.1. The number of rotatable bonds is 5. The molecule has 0 bridgehead atoms. The van der Waals surface area contributed by atoms with Crippen molar-refractivity contribution in [1.29, 1.82) is 0 Å². The SMILES string of the molecule is O=C(Nc1ccc(Cl)cc1)c1nnc([C@@H]2CCCN2S(=O)(=O)c2cc(F)ccc2F)s1. The molecule has 3 aromatic rings. The summed E-state index contributed by atoms with van der Waals surface area (Å²) in [4.78, 5) is 11.7. The number of benzene rings is 2. The quantitative estimate of drug-likeness (QED) is 0.584. The molecule has 0 aliphatic carbocycles. The summed E-state index contributed by atoms with van der Waals surface area (Å²) in [5, 5.41) is 11.4. The van der Waals surface area contributed by atoms with E-state index in [1.165, 1.54) is 0 Å². The number of amides is 1. The Morgan fingerprint density at radius 2 is 1.90 bits per heavy atom. The number of hydrogen-bond acceptors (Lipinski definition) is 6. The van der Waals surface area contributed by atoms with Crippen molar-refractivity contribution in [2.45, 2.75) is 23.8 Å². The van der Waals surface area contributed by atoms with E-state index >= 15 is 0 Å². The van der Waals surface area contributed by atoms with Gasteiger partial charge in [-0.05, 0) is 55.3 Å². The van der Waals surface area contributed by atoms with Gasteiger partial charge in [0.15, 0.2) is 0 Å². The van der Waals surface area contributed by atoms with Gasteiger partial charge in [0, 0.05) is 17.3 Å². The molecule has 0 saturated carbocycles. The van der Waals surface area contributed by atoms with E-state index in [0.717, 1.165) is 27.8 Å². The number of nitrogens with zero attached hydrogens (tertiary/aromatic N) is 3. The predicted octanol–water partition coefficient (Wildman–Crippen LogP) is 4.25. The molecule has 7 nitrogen and oxygen atoms in total. The van der Waals surface area contributed by atoms with Gasteiger partial charge in [-0.1, -0.05) is 22.9 Å². The maximum atomic E-state index is 14.1. The molecule has 1 aliphatic heterocycles. The Kier molecular flexibility index (Phi) is 6.02. The van der Waals surface area contributed by atoms with E-state index in [0.29, 0.717) is 34.6 Å². The molecule has 1 N–H and O–H groups in total. The smallest absolute Gasteiger partial charge is 0.286 e. The number of nitrogens with one attached hydrogen (secondary N) is 1. The van der Waals surface area contributed by atoms with E-state index in [-0.39, 0.29) is 11.6 Å². The minimum Gasteiger partial charge on any atom is -0.320 e. The number of hydrogen-bond donors (Lipinski definition) is 1. The first-order chi connectivity index (χ1) is 14.8. The molecular formula is C19H15ClF2N4O3S2. The standard InChI is InChI=1S/C19H15ClF2N4O3S2/c20-11-3-6-13(7-4-11)23-17(27)19-25-24-18(30-19)15-2-1-9-26(15)31(28,29)16-10-12(21)5-8-14(16)22/h3-8,10,15H,1-2,9H2,(H,23,27)/t15-/m0/s1. The highest BCUT2D eigenvalue weighted by molar-refractivity contribution is 7.89. The predicted molar refractivity (Wildman–Crippen MR) is 112 cm³/mol. The maximum Gasteiger partial charge on any atom is 0.286 e. The van der Waals surface area contributed by atoms with Crippen LogP contribution in [0.25, 0.3) is 0 Å². The van der Waals surface area contributed by atoms with Gasteiger partial charge in [-0.15, -0.1) is 10.2 Å². The topological polar surface area (TPSA) is 92.3 Å². The zero-order chi connectivity index (χ0) is 22.2. The normalized spacial score (nSPS) is 17.1. The molecule has 1 saturated heterocycles. The summed E-state index contributed by atoms with van der Waals surface area (Å²) < 4.78 is 54.7. The van der Waals surface area contributed by atoms with E-state index in [9.17, 15) is 22.0 Å². The van der Waals surface area contributed by atoms with E-state index in [1.54, 1.807) is 24.3 Å². The summed E-state index contributed by atoms with van der Waals surface area (Å²) in [6.45, 7) is 0.120. The lowest BCUT2D eigenvalue weighted by Gasteiger charge is -2.22. The van der Waals surface area contributed by atoms with Crippen LogP contribution in [-0.2, 0) is 10.0 Å². The van der Waals surface area contributed by atoms with Crippen LogP contribution in [0.5, 0.6) is 0 Å². The molecule has 0 spiro atoms. The van der Waals surface area contributed by atoms with Crippen molar-refractivity contribution in [3.05, 3.63) is 69.1 Å². The number of halogens is 3. The fraction of sp³-hybridized carbons (Fsp3) is 0.211. The third-order valence-corrected chi connectivity index (χ3v) is 7.90. The third-order valence-electron chi connectivity index (χ3n) is 4.71. The van der Waals surface area contributed by atoms with Crippen LogP contribution in [0.15, 0.2) is 47.4 Å². The van der Waals surface area contributed by atoms with Crippen LogP contribution in [0.2, 0.25) is 5.02 Å². The van der Waals surface area contributed by atoms with Crippen LogP contribution in [0.1, 0.15) is 33.7 Å².